The zero-order valence-electron chi connectivity index (χ0n) is 11.1. The van der Waals surface area contributed by atoms with Crippen LogP contribution < -0.4 is 5.32 Å². The summed E-state index contributed by atoms with van der Waals surface area (Å²) < 4.78 is 4.69. The molecule has 0 spiro atoms. The number of rotatable bonds is 6. The lowest BCUT2D eigenvalue weighted by atomic mass is 10.2. The molecule has 0 unspecified atom stereocenters. The fourth-order valence-corrected chi connectivity index (χ4v) is 1.71. The first-order valence-electron chi connectivity index (χ1n) is 5.80. The standard InChI is InChI=1S/C12H15N3O4S/c1-3-19-10(17)7-13-6-9(8(2)16)11(18)15-12-14-4-5-20-12/h4-6,16H,3,7H2,1-2H3,(H,14,15,18). The van der Waals surface area contributed by atoms with E-state index in [9.17, 15) is 14.7 Å². The van der Waals surface area contributed by atoms with Crippen LogP contribution in [0.1, 0.15) is 13.8 Å². The van der Waals surface area contributed by atoms with Gasteiger partial charge in [0, 0.05) is 17.8 Å². The van der Waals surface area contributed by atoms with Gasteiger partial charge in [-0.2, -0.15) is 0 Å². The van der Waals surface area contributed by atoms with Gasteiger partial charge in [0.25, 0.3) is 5.91 Å². The summed E-state index contributed by atoms with van der Waals surface area (Å²) in [7, 11) is 0. The molecule has 108 valence electrons. The second-order valence-electron chi connectivity index (χ2n) is 3.57. The number of ether oxygens (including phenoxy) is 1. The Morgan fingerprint density at radius 2 is 2.35 bits per heavy atom. The molecule has 7 nitrogen and oxygen atoms in total. The van der Waals surface area contributed by atoms with Crippen molar-refractivity contribution >= 4 is 34.6 Å². The minimum Gasteiger partial charge on any atom is -0.512 e. The van der Waals surface area contributed by atoms with Crippen molar-refractivity contribution in [1.29, 1.82) is 0 Å². The van der Waals surface area contributed by atoms with Crippen LogP contribution in [0.3, 0.4) is 0 Å². The summed E-state index contributed by atoms with van der Waals surface area (Å²) >= 11 is 1.25. The number of aliphatic hydroxyl groups excluding tert-OH is 1. The number of carbonyl (C=O) groups excluding carboxylic acids is 2. The molecule has 0 aliphatic rings. The molecule has 1 rings (SSSR count). The summed E-state index contributed by atoms with van der Waals surface area (Å²) in [4.78, 5) is 30.6. The van der Waals surface area contributed by atoms with E-state index >= 15 is 0 Å². The maximum Gasteiger partial charge on any atom is 0.327 e. The molecule has 0 aliphatic heterocycles. The number of carbonyl (C=O) groups is 2. The van der Waals surface area contributed by atoms with E-state index in [0.29, 0.717) is 5.13 Å². The van der Waals surface area contributed by atoms with Gasteiger partial charge in [0.05, 0.1) is 12.2 Å². The molecule has 20 heavy (non-hydrogen) atoms. The fraction of sp³-hybridized carbons (Fsp3) is 0.333. The normalized spacial score (nSPS) is 12.1. The number of nitrogens with zero attached hydrogens (tertiary/aromatic N) is 2. The van der Waals surface area contributed by atoms with Gasteiger partial charge in [0.15, 0.2) is 5.13 Å². The highest BCUT2D eigenvalue weighted by atomic mass is 32.1. The lowest BCUT2D eigenvalue weighted by molar-refractivity contribution is -0.141. The number of allylic oxidation sites excluding steroid dienone is 1. The molecule has 1 aromatic heterocycles. The fourth-order valence-electron chi connectivity index (χ4n) is 1.18. The van der Waals surface area contributed by atoms with Gasteiger partial charge in [-0.3, -0.25) is 19.9 Å². The first-order chi connectivity index (χ1) is 9.54. The molecule has 8 heteroatoms. The Labute approximate surface area is 120 Å². The van der Waals surface area contributed by atoms with E-state index in [1.807, 2.05) is 0 Å². The van der Waals surface area contributed by atoms with Crippen LogP contribution in [0.15, 0.2) is 27.9 Å². The van der Waals surface area contributed by atoms with Gasteiger partial charge in [-0.05, 0) is 13.8 Å². The van der Waals surface area contributed by atoms with Crippen LogP contribution >= 0.6 is 11.3 Å². The third-order valence-corrected chi connectivity index (χ3v) is 2.72. The molecule has 0 aliphatic carbocycles. The number of anilines is 1. The van der Waals surface area contributed by atoms with E-state index in [1.165, 1.54) is 18.3 Å². The minimum absolute atomic E-state index is 0.0375. The lowest BCUT2D eigenvalue weighted by Gasteiger charge is -2.03. The van der Waals surface area contributed by atoms with Gasteiger partial charge < -0.3 is 9.84 Å². The molecule has 0 bridgehead atoms. The van der Waals surface area contributed by atoms with Crippen molar-refractivity contribution in [2.45, 2.75) is 13.8 Å². The molecule has 1 heterocycles. The van der Waals surface area contributed by atoms with Crippen molar-refractivity contribution in [2.24, 2.45) is 4.99 Å². The zero-order chi connectivity index (χ0) is 15.0. The van der Waals surface area contributed by atoms with Gasteiger partial charge in [0.1, 0.15) is 12.3 Å². The Balaban J connectivity index is 2.66. The summed E-state index contributed by atoms with van der Waals surface area (Å²) in [6.45, 7) is 3.09. The first kappa shape index (κ1) is 15.8. The quantitative estimate of drug-likeness (QED) is 0.359. The Hall–Kier alpha value is -2.22. The van der Waals surface area contributed by atoms with E-state index in [1.54, 1.807) is 18.5 Å². The number of nitrogens with one attached hydrogen (secondary N) is 1. The largest absolute Gasteiger partial charge is 0.512 e. The molecule has 0 fully saturated rings. The van der Waals surface area contributed by atoms with Gasteiger partial charge >= 0.3 is 5.97 Å². The molecular formula is C12H15N3O4S. The zero-order valence-corrected chi connectivity index (χ0v) is 11.9. The SMILES string of the molecule is CCOC(=O)CN=CC(C(=O)Nc1nccs1)=C(C)O. The molecule has 0 atom stereocenters. The van der Waals surface area contributed by atoms with E-state index in [-0.39, 0.29) is 24.5 Å². The average molecular weight is 297 g/mol. The van der Waals surface area contributed by atoms with Crippen LogP contribution in [0.25, 0.3) is 0 Å². The van der Waals surface area contributed by atoms with Gasteiger partial charge in [-0.15, -0.1) is 11.3 Å². The highest BCUT2D eigenvalue weighted by Gasteiger charge is 2.12. The summed E-state index contributed by atoms with van der Waals surface area (Å²) in [5, 5.41) is 14.1. The predicted molar refractivity (Wildman–Crippen MR) is 76.1 cm³/mol. The summed E-state index contributed by atoms with van der Waals surface area (Å²) in [6.07, 6.45) is 2.68. The number of esters is 1. The van der Waals surface area contributed by atoms with Crippen molar-refractivity contribution in [3.63, 3.8) is 0 Å². The Morgan fingerprint density at radius 3 is 2.90 bits per heavy atom. The summed E-state index contributed by atoms with van der Waals surface area (Å²) in [5.74, 6) is -1.25. The Bertz CT molecular complexity index is 519. The van der Waals surface area contributed by atoms with Gasteiger partial charge in [-0.25, -0.2) is 4.98 Å². The molecule has 2 N–H and O–H groups in total. The average Bonchev–Trinajstić information content (AvgIpc) is 2.87. The number of aliphatic hydroxyl groups is 1. The van der Waals surface area contributed by atoms with Crippen molar-refractivity contribution in [2.75, 3.05) is 18.5 Å². The van der Waals surface area contributed by atoms with Crippen molar-refractivity contribution in [3.05, 3.63) is 22.9 Å². The second kappa shape index (κ2) is 8.05. The van der Waals surface area contributed by atoms with E-state index < -0.39 is 11.9 Å². The number of aliphatic imine (C=N–C) groups is 1. The third kappa shape index (κ3) is 5.19. The molecular weight excluding hydrogens is 282 g/mol. The van der Waals surface area contributed by atoms with E-state index in [0.717, 1.165) is 6.21 Å². The van der Waals surface area contributed by atoms with Crippen molar-refractivity contribution in [3.8, 4) is 0 Å². The predicted octanol–water partition coefficient (Wildman–Crippen LogP) is 1.55. The number of hydrogen-bond donors (Lipinski definition) is 2. The number of hydrogen-bond acceptors (Lipinski definition) is 7. The molecule has 0 radical (unpaired) electrons. The number of amides is 1. The third-order valence-electron chi connectivity index (χ3n) is 2.03. The minimum atomic E-state index is -0.549. The molecule has 0 saturated carbocycles. The maximum atomic E-state index is 11.9. The first-order valence-corrected chi connectivity index (χ1v) is 6.68. The highest BCUT2D eigenvalue weighted by molar-refractivity contribution is 7.13. The van der Waals surface area contributed by atoms with Crippen molar-refractivity contribution < 1.29 is 19.4 Å². The number of aromatic nitrogens is 1. The van der Waals surface area contributed by atoms with Crippen LogP contribution in [0.2, 0.25) is 0 Å². The summed E-state index contributed by atoms with van der Waals surface area (Å²) in [6, 6.07) is 0. The summed E-state index contributed by atoms with van der Waals surface area (Å²) in [5.41, 5.74) is -0.0375. The molecule has 0 saturated heterocycles. The molecule has 1 aromatic rings. The molecule has 0 aromatic carbocycles. The maximum absolute atomic E-state index is 11.9. The monoisotopic (exact) mass is 297 g/mol. The lowest BCUT2D eigenvalue weighted by Crippen LogP contribution is -2.17. The van der Waals surface area contributed by atoms with E-state index in [2.05, 4.69) is 20.0 Å². The Kier molecular flexibility index (Phi) is 6.38. The van der Waals surface area contributed by atoms with Gasteiger partial charge in [-0.1, -0.05) is 0 Å². The Morgan fingerprint density at radius 1 is 1.60 bits per heavy atom. The van der Waals surface area contributed by atoms with Gasteiger partial charge in [0.2, 0.25) is 0 Å². The van der Waals surface area contributed by atoms with Crippen molar-refractivity contribution in [1.82, 2.24) is 4.98 Å². The van der Waals surface area contributed by atoms with Crippen LogP contribution in [0, 0.1) is 0 Å². The van der Waals surface area contributed by atoms with Crippen LogP contribution in [0.5, 0.6) is 0 Å². The van der Waals surface area contributed by atoms with E-state index in [4.69, 9.17) is 0 Å². The van der Waals surface area contributed by atoms with Crippen LogP contribution in [-0.4, -0.2) is 41.3 Å². The highest BCUT2D eigenvalue weighted by Crippen LogP contribution is 2.12. The molecule has 1 amide bonds. The smallest absolute Gasteiger partial charge is 0.327 e. The van der Waals surface area contributed by atoms with Crippen LogP contribution in [0.4, 0.5) is 5.13 Å². The second-order valence-corrected chi connectivity index (χ2v) is 4.46. The number of thiazole rings is 1. The topological polar surface area (TPSA) is 101 Å². The van der Waals surface area contributed by atoms with Crippen LogP contribution in [-0.2, 0) is 14.3 Å².